The van der Waals surface area contributed by atoms with Crippen molar-refractivity contribution >= 4 is 5.69 Å². The Hall–Kier alpha value is -1.09. The first-order valence-electron chi connectivity index (χ1n) is 6.36. The molecule has 1 heterocycles. The number of rotatable bonds is 2. The monoisotopic (exact) mass is 236 g/mol. The van der Waals surface area contributed by atoms with Gasteiger partial charge in [0.2, 0.25) is 0 Å². The molecule has 0 aromatic heterocycles. The van der Waals surface area contributed by atoms with Gasteiger partial charge < -0.3 is 5.73 Å². The van der Waals surface area contributed by atoms with E-state index in [0.717, 1.165) is 12.1 Å². The van der Waals surface area contributed by atoms with E-state index < -0.39 is 0 Å². The first-order valence-corrected chi connectivity index (χ1v) is 6.36. The topological polar surface area (TPSA) is 29.3 Å². The lowest BCUT2D eigenvalue weighted by molar-refractivity contribution is 0.105. The molecule has 1 fully saturated rings. The molecule has 1 aromatic carbocycles. The van der Waals surface area contributed by atoms with Crippen LogP contribution in [0.15, 0.2) is 18.2 Å². The predicted octanol–water partition coefficient (Wildman–Crippen LogP) is 3.03. The fourth-order valence-corrected chi connectivity index (χ4v) is 2.55. The van der Waals surface area contributed by atoms with Gasteiger partial charge in [0.1, 0.15) is 5.82 Å². The second kappa shape index (κ2) is 5.05. The second-order valence-electron chi connectivity index (χ2n) is 5.18. The summed E-state index contributed by atoms with van der Waals surface area (Å²) in [5, 5.41) is 0. The van der Waals surface area contributed by atoms with Crippen molar-refractivity contribution < 1.29 is 4.39 Å². The van der Waals surface area contributed by atoms with Crippen molar-refractivity contribution in [3.63, 3.8) is 0 Å². The summed E-state index contributed by atoms with van der Waals surface area (Å²) in [6, 6.07) is 5.52. The van der Waals surface area contributed by atoms with Crippen LogP contribution in [0.1, 0.15) is 32.3 Å². The molecule has 2 rings (SSSR count). The van der Waals surface area contributed by atoms with Gasteiger partial charge in [-0.3, -0.25) is 4.90 Å². The first kappa shape index (κ1) is 12.4. The number of benzene rings is 1. The van der Waals surface area contributed by atoms with Crippen LogP contribution >= 0.6 is 0 Å². The minimum atomic E-state index is -0.185. The molecule has 0 spiro atoms. The Kier molecular flexibility index (Phi) is 3.67. The number of nitrogens with zero attached hydrogens (tertiary/aromatic N) is 1. The summed E-state index contributed by atoms with van der Waals surface area (Å²) in [6.45, 7) is 6.27. The summed E-state index contributed by atoms with van der Waals surface area (Å²) < 4.78 is 13.7. The van der Waals surface area contributed by atoms with Crippen LogP contribution in [0.4, 0.5) is 10.1 Å². The number of hydrogen-bond acceptors (Lipinski definition) is 2. The van der Waals surface area contributed by atoms with Crippen LogP contribution in [-0.4, -0.2) is 17.5 Å². The highest BCUT2D eigenvalue weighted by Gasteiger charge is 2.25. The van der Waals surface area contributed by atoms with Gasteiger partial charge in [0.15, 0.2) is 0 Å². The van der Waals surface area contributed by atoms with Crippen LogP contribution in [0, 0.1) is 11.7 Å². The first-order chi connectivity index (χ1) is 8.08. The van der Waals surface area contributed by atoms with Gasteiger partial charge in [0, 0.05) is 23.8 Å². The van der Waals surface area contributed by atoms with E-state index in [9.17, 15) is 4.39 Å². The molecule has 2 atom stereocenters. The number of likely N-dealkylation sites (tertiary alicyclic amines) is 1. The third kappa shape index (κ3) is 2.78. The Bertz CT molecular complexity index is 392. The van der Waals surface area contributed by atoms with E-state index in [1.165, 1.54) is 18.9 Å². The van der Waals surface area contributed by atoms with Gasteiger partial charge in [-0.2, -0.15) is 0 Å². The molecule has 0 saturated carbocycles. The molecule has 0 aliphatic carbocycles. The summed E-state index contributed by atoms with van der Waals surface area (Å²) >= 11 is 0. The lowest BCUT2D eigenvalue weighted by Gasteiger charge is -2.38. The molecule has 1 saturated heterocycles. The molecule has 2 N–H and O–H groups in total. The van der Waals surface area contributed by atoms with Gasteiger partial charge >= 0.3 is 0 Å². The van der Waals surface area contributed by atoms with Crippen LogP contribution in [0.25, 0.3) is 0 Å². The Morgan fingerprint density at radius 2 is 2.18 bits per heavy atom. The molecule has 17 heavy (non-hydrogen) atoms. The summed E-state index contributed by atoms with van der Waals surface area (Å²) in [4.78, 5) is 2.36. The molecule has 0 radical (unpaired) electrons. The zero-order valence-electron chi connectivity index (χ0n) is 10.6. The molecule has 2 unspecified atom stereocenters. The third-order valence-electron chi connectivity index (χ3n) is 3.95. The average molecular weight is 236 g/mol. The molecular formula is C14H21FN2. The lowest BCUT2D eigenvalue weighted by Crippen LogP contribution is -2.41. The molecule has 1 aliphatic rings. The molecular weight excluding hydrogens is 215 g/mol. The molecule has 1 aromatic rings. The largest absolute Gasteiger partial charge is 0.399 e. The van der Waals surface area contributed by atoms with Crippen molar-refractivity contribution in [2.24, 2.45) is 5.92 Å². The van der Waals surface area contributed by atoms with Gasteiger partial charge in [0.05, 0.1) is 0 Å². The van der Waals surface area contributed by atoms with E-state index in [2.05, 4.69) is 18.7 Å². The van der Waals surface area contributed by atoms with Crippen molar-refractivity contribution in [2.75, 3.05) is 12.3 Å². The van der Waals surface area contributed by atoms with Gasteiger partial charge in [-0.15, -0.1) is 0 Å². The maximum absolute atomic E-state index is 13.7. The molecule has 1 aliphatic heterocycles. The highest BCUT2D eigenvalue weighted by atomic mass is 19.1. The summed E-state index contributed by atoms with van der Waals surface area (Å²) in [5.41, 5.74) is 6.80. The Labute approximate surface area is 103 Å². The second-order valence-corrected chi connectivity index (χ2v) is 5.18. The van der Waals surface area contributed by atoms with Crippen molar-refractivity contribution in [3.05, 3.63) is 29.6 Å². The van der Waals surface area contributed by atoms with Gasteiger partial charge in [-0.25, -0.2) is 4.39 Å². The van der Waals surface area contributed by atoms with E-state index in [-0.39, 0.29) is 5.82 Å². The standard InChI is InChI=1S/C14H21FN2/c1-10-4-3-7-17(11(10)2)9-12-5-6-13(16)8-14(12)15/h5-6,8,10-11H,3-4,7,9,16H2,1-2H3. The number of piperidine rings is 1. The Balaban J connectivity index is 2.09. The normalized spacial score (nSPS) is 26.1. The Morgan fingerprint density at radius 1 is 1.41 bits per heavy atom. The van der Waals surface area contributed by atoms with E-state index in [1.54, 1.807) is 12.1 Å². The third-order valence-corrected chi connectivity index (χ3v) is 3.95. The molecule has 2 nitrogen and oxygen atoms in total. The lowest BCUT2D eigenvalue weighted by atomic mass is 9.91. The maximum atomic E-state index is 13.7. The SMILES string of the molecule is CC1CCCN(Cc2ccc(N)cc2F)C1C. The molecule has 0 amide bonds. The van der Waals surface area contributed by atoms with E-state index in [1.807, 2.05) is 0 Å². The van der Waals surface area contributed by atoms with Gasteiger partial charge in [-0.1, -0.05) is 13.0 Å². The van der Waals surface area contributed by atoms with Crippen LogP contribution in [0.5, 0.6) is 0 Å². The summed E-state index contributed by atoms with van der Waals surface area (Å²) in [5.74, 6) is 0.510. The van der Waals surface area contributed by atoms with Crippen molar-refractivity contribution in [2.45, 2.75) is 39.3 Å². The maximum Gasteiger partial charge on any atom is 0.129 e. The highest BCUT2D eigenvalue weighted by Crippen LogP contribution is 2.25. The number of nitrogens with two attached hydrogens (primary N) is 1. The summed E-state index contributed by atoms with van der Waals surface area (Å²) in [6.07, 6.45) is 2.49. The van der Waals surface area contributed by atoms with Crippen LogP contribution in [-0.2, 0) is 6.54 Å². The minimum Gasteiger partial charge on any atom is -0.399 e. The fourth-order valence-electron chi connectivity index (χ4n) is 2.55. The van der Waals surface area contributed by atoms with Crippen molar-refractivity contribution in [1.82, 2.24) is 4.90 Å². The van der Waals surface area contributed by atoms with Gasteiger partial charge in [0.25, 0.3) is 0 Å². The van der Waals surface area contributed by atoms with Crippen LogP contribution in [0.2, 0.25) is 0 Å². The average Bonchev–Trinajstić information content (AvgIpc) is 2.28. The van der Waals surface area contributed by atoms with E-state index in [0.29, 0.717) is 24.2 Å². The smallest absolute Gasteiger partial charge is 0.129 e. The van der Waals surface area contributed by atoms with E-state index >= 15 is 0 Å². The zero-order valence-corrected chi connectivity index (χ0v) is 10.6. The number of halogens is 1. The van der Waals surface area contributed by atoms with Crippen LogP contribution in [0.3, 0.4) is 0 Å². The highest BCUT2D eigenvalue weighted by molar-refractivity contribution is 5.40. The number of anilines is 1. The molecule has 94 valence electrons. The predicted molar refractivity (Wildman–Crippen MR) is 69.1 cm³/mol. The zero-order chi connectivity index (χ0) is 12.4. The van der Waals surface area contributed by atoms with Gasteiger partial charge in [-0.05, 0) is 44.4 Å². The molecule has 3 heteroatoms. The molecule has 0 bridgehead atoms. The minimum absolute atomic E-state index is 0.185. The number of hydrogen-bond donors (Lipinski definition) is 1. The van der Waals surface area contributed by atoms with E-state index in [4.69, 9.17) is 5.73 Å². The fraction of sp³-hybridized carbons (Fsp3) is 0.571. The quantitative estimate of drug-likeness (QED) is 0.800. The van der Waals surface area contributed by atoms with Crippen molar-refractivity contribution in [1.29, 1.82) is 0 Å². The van der Waals surface area contributed by atoms with Crippen molar-refractivity contribution in [3.8, 4) is 0 Å². The summed E-state index contributed by atoms with van der Waals surface area (Å²) in [7, 11) is 0. The van der Waals surface area contributed by atoms with Crippen LogP contribution < -0.4 is 5.73 Å². The number of nitrogen functional groups attached to an aromatic ring is 1. The Morgan fingerprint density at radius 3 is 2.88 bits per heavy atom.